The summed E-state index contributed by atoms with van der Waals surface area (Å²) in [5.41, 5.74) is 1.69. The van der Waals surface area contributed by atoms with Gasteiger partial charge in [0.25, 0.3) is 10.0 Å². The first kappa shape index (κ1) is 19.3. The second kappa shape index (κ2) is 8.35. The summed E-state index contributed by atoms with van der Waals surface area (Å²) in [6.07, 6.45) is 4.17. The smallest absolute Gasteiger partial charge is 0.328 e. The van der Waals surface area contributed by atoms with E-state index in [2.05, 4.69) is 4.72 Å². The minimum absolute atomic E-state index is 0.111. The van der Waals surface area contributed by atoms with Crippen LogP contribution < -0.4 is 9.46 Å². The van der Waals surface area contributed by atoms with Crippen LogP contribution in [0.15, 0.2) is 71.2 Å². The van der Waals surface area contributed by atoms with E-state index in [9.17, 15) is 13.2 Å². The highest BCUT2D eigenvalue weighted by molar-refractivity contribution is 7.92. The zero-order chi connectivity index (χ0) is 19.2. The minimum atomic E-state index is -3.77. The highest BCUT2D eigenvalue weighted by Crippen LogP contribution is 2.23. The summed E-state index contributed by atoms with van der Waals surface area (Å²) in [4.78, 5) is 10.7. The lowest BCUT2D eigenvalue weighted by Gasteiger charge is -2.11. The second-order valence-corrected chi connectivity index (χ2v) is 7.11. The maximum Gasteiger partial charge on any atom is 0.328 e. The van der Waals surface area contributed by atoms with E-state index in [4.69, 9.17) is 9.84 Å². The molecule has 0 fully saturated rings. The lowest BCUT2D eigenvalue weighted by molar-refractivity contribution is -0.131. The van der Waals surface area contributed by atoms with Gasteiger partial charge < -0.3 is 9.84 Å². The van der Waals surface area contributed by atoms with E-state index in [1.807, 2.05) is 0 Å². The van der Waals surface area contributed by atoms with Crippen LogP contribution in [0, 0.1) is 0 Å². The van der Waals surface area contributed by atoms with Crippen molar-refractivity contribution in [2.75, 3.05) is 11.8 Å². The summed E-state index contributed by atoms with van der Waals surface area (Å²) in [7, 11) is -2.26. The predicted molar refractivity (Wildman–Crippen MR) is 101 cm³/mol. The molecule has 0 aliphatic rings. The number of methoxy groups -OCH3 is 1. The number of aliphatic carboxylic acids is 1. The van der Waals surface area contributed by atoms with E-state index < -0.39 is 16.0 Å². The van der Waals surface area contributed by atoms with Crippen LogP contribution in [0.3, 0.4) is 0 Å². The first-order valence-electron chi connectivity index (χ1n) is 7.67. The van der Waals surface area contributed by atoms with Crippen molar-refractivity contribution in [3.05, 3.63) is 71.8 Å². The number of para-hydroxylation sites is 1. The monoisotopic (exact) mass is 373 g/mol. The Morgan fingerprint density at radius 1 is 1.08 bits per heavy atom. The maximum absolute atomic E-state index is 12.6. The molecule has 0 radical (unpaired) electrons. The number of sulfonamides is 1. The number of carboxylic acids is 1. The van der Waals surface area contributed by atoms with Crippen LogP contribution in [0.25, 0.3) is 6.08 Å². The number of hydrogen-bond acceptors (Lipinski definition) is 4. The number of allylic oxidation sites excluding steroid dienone is 2. The van der Waals surface area contributed by atoms with Crippen LogP contribution in [0.5, 0.6) is 5.75 Å². The van der Waals surface area contributed by atoms with Crippen LogP contribution in [0.1, 0.15) is 12.5 Å². The van der Waals surface area contributed by atoms with Crippen molar-refractivity contribution in [2.24, 2.45) is 0 Å². The summed E-state index contributed by atoms with van der Waals surface area (Å²) in [6.45, 7) is 1.73. The molecule has 136 valence electrons. The molecule has 0 unspecified atom stereocenters. The number of rotatable bonds is 7. The second-order valence-electron chi connectivity index (χ2n) is 5.43. The summed E-state index contributed by atoms with van der Waals surface area (Å²) in [5, 5.41) is 8.68. The van der Waals surface area contributed by atoms with E-state index in [1.54, 1.807) is 49.4 Å². The molecule has 0 amide bonds. The Morgan fingerprint density at radius 3 is 2.35 bits per heavy atom. The van der Waals surface area contributed by atoms with Gasteiger partial charge in [-0.1, -0.05) is 29.8 Å². The average Bonchev–Trinajstić information content (AvgIpc) is 2.61. The predicted octanol–water partition coefficient (Wildman–Crippen LogP) is 3.54. The largest absolute Gasteiger partial charge is 0.497 e. The summed E-state index contributed by atoms with van der Waals surface area (Å²) >= 11 is 0. The standard InChI is InChI=1S/C19H19NO5S/c1-14(7-12-19(21)22)13-15-5-3-4-6-18(15)20-26(23,24)17-10-8-16(25-2)9-11-17/h3-13,20H,1-2H3,(H,21,22)/b12-7+,14-13+. The van der Waals surface area contributed by atoms with Gasteiger partial charge in [-0.2, -0.15) is 0 Å². The molecule has 0 aliphatic heterocycles. The maximum atomic E-state index is 12.6. The Hall–Kier alpha value is -3.06. The van der Waals surface area contributed by atoms with Gasteiger partial charge in [-0.15, -0.1) is 0 Å². The van der Waals surface area contributed by atoms with Gasteiger partial charge in [0, 0.05) is 6.08 Å². The SMILES string of the molecule is COc1ccc(S(=O)(=O)Nc2ccccc2/C=C(C)/C=C/C(=O)O)cc1. The van der Waals surface area contributed by atoms with Gasteiger partial charge in [-0.3, -0.25) is 4.72 Å². The van der Waals surface area contributed by atoms with Gasteiger partial charge in [0.2, 0.25) is 0 Å². The molecule has 26 heavy (non-hydrogen) atoms. The molecule has 0 saturated carbocycles. The lowest BCUT2D eigenvalue weighted by atomic mass is 10.1. The lowest BCUT2D eigenvalue weighted by Crippen LogP contribution is -2.13. The molecule has 2 N–H and O–H groups in total. The Morgan fingerprint density at radius 2 is 1.73 bits per heavy atom. The fourth-order valence-corrected chi connectivity index (χ4v) is 3.26. The van der Waals surface area contributed by atoms with Gasteiger partial charge in [-0.25, -0.2) is 13.2 Å². The normalized spacial score (nSPS) is 12.2. The minimum Gasteiger partial charge on any atom is -0.497 e. The fraction of sp³-hybridized carbons (Fsp3) is 0.105. The van der Waals surface area contributed by atoms with Crippen LogP contribution in [-0.4, -0.2) is 26.6 Å². The molecule has 0 spiro atoms. The molecule has 6 nitrogen and oxygen atoms in total. The molecule has 2 aromatic carbocycles. The van der Waals surface area contributed by atoms with Crippen molar-refractivity contribution in [1.29, 1.82) is 0 Å². The highest BCUT2D eigenvalue weighted by atomic mass is 32.2. The third kappa shape index (κ3) is 5.22. The third-order valence-corrected chi connectivity index (χ3v) is 4.83. The summed E-state index contributed by atoms with van der Waals surface area (Å²) in [5.74, 6) is -0.487. The van der Waals surface area contributed by atoms with Crippen LogP contribution in [0.4, 0.5) is 5.69 Å². The molecule has 0 aromatic heterocycles. The molecule has 0 bridgehead atoms. The van der Waals surface area contributed by atoms with Gasteiger partial charge in [0.05, 0.1) is 17.7 Å². The van der Waals surface area contributed by atoms with Crippen LogP contribution in [0.2, 0.25) is 0 Å². The topological polar surface area (TPSA) is 92.7 Å². The van der Waals surface area contributed by atoms with Crippen molar-refractivity contribution in [2.45, 2.75) is 11.8 Å². The van der Waals surface area contributed by atoms with Gasteiger partial charge in [0.1, 0.15) is 5.75 Å². The molecule has 0 atom stereocenters. The van der Waals surface area contributed by atoms with Crippen molar-refractivity contribution < 1.29 is 23.1 Å². The Balaban J connectivity index is 2.31. The van der Waals surface area contributed by atoms with Crippen molar-refractivity contribution >= 4 is 27.8 Å². The number of benzene rings is 2. The third-order valence-electron chi connectivity index (χ3n) is 3.45. The van der Waals surface area contributed by atoms with Crippen molar-refractivity contribution in [1.82, 2.24) is 0 Å². The summed E-state index contributed by atoms with van der Waals surface area (Å²) < 4.78 is 32.8. The molecule has 0 heterocycles. The van der Waals surface area contributed by atoms with Crippen LogP contribution >= 0.6 is 0 Å². The van der Waals surface area contributed by atoms with Gasteiger partial charge in [-0.05, 0) is 48.9 Å². The van der Waals surface area contributed by atoms with E-state index in [-0.39, 0.29) is 4.90 Å². The number of nitrogens with one attached hydrogen (secondary N) is 1. The molecular formula is C19H19NO5S. The Bertz CT molecular complexity index is 944. The fourth-order valence-electron chi connectivity index (χ4n) is 2.17. The number of hydrogen-bond donors (Lipinski definition) is 2. The molecule has 0 saturated heterocycles. The van der Waals surface area contributed by atoms with Gasteiger partial charge >= 0.3 is 5.97 Å². The molecule has 7 heteroatoms. The zero-order valence-electron chi connectivity index (χ0n) is 14.3. The first-order chi connectivity index (χ1) is 12.3. The molecule has 2 rings (SSSR count). The number of ether oxygens (including phenoxy) is 1. The first-order valence-corrected chi connectivity index (χ1v) is 9.15. The number of carboxylic acid groups (broad SMARTS) is 1. The van der Waals surface area contributed by atoms with Gasteiger partial charge in [0.15, 0.2) is 0 Å². The van der Waals surface area contributed by atoms with Crippen molar-refractivity contribution in [3.63, 3.8) is 0 Å². The highest BCUT2D eigenvalue weighted by Gasteiger charge is 2.15. The van der Waals surface area contributed by atoms with E-state index in [1.165, 1.54) is 25.3 Å². The molecular weight excluding hydrogens is 354 g/mol. The summed E-state index contributed by atoms with van der Waals surface area (Å²) in [6, 6.07) is 12.9. The number of anilines is 1. The zero-order valence-corrected chi connectivity index (χ0v) is 15.2. The quantitative estimate of drug-likeness (QED) is 0.572. The van der Waals surface area contributed by atoms with E-state index in [0.29, 0.717) is 22.6 Å². The average molecular weight is 373 g/mol. The van der Waals surface area contributed by atoms with Crippen LogP contribution in [-0.2, 0) is 14.8 Å². The molecule has 2 aromatic rings. The van der Waals surface area contributed by atoms with E-state index in [0.717, 1.165) is 6.08 Å². The van der Waals surface area contributed by atoms with E-state index >= 15 is 0 Å². The molecule has 0 aliphatic carbocycles. The Kier molecular flexibility index (Phi) is 6.19. The van der Waals surface area contributed by atoms with Crippen molar-refractivity contribution in [3.8, 4) is 5.75 Å². The Labute approximate surface area is 152 Å². The number of carbonyl (C=O) groups is 1.